The molecule has 2 aromatic rings. The Bertz CT molecular complexity index is 758. The van der Waals surface area contributed by atoms with E-state index >= 15 is 0 Å². The van der Waals surface area contributed by atoms with E-state index in [1.807, 2.05) is 25.1 Å². The van der Waals surface area contributed by atoms with Crippen LogP contribution >= 0.6 is 27.7 Å². The van der Waals surface area contributed by atoms with Crippen molar-refractivity contribution >= 4 is 33.4 Å². The monoisotopic (exact) mass is 422 g/mol. The zero-order chi connectivity index (χ0) is 17.9. The fraction of sp³-hybridized carbons (Fsp3) is 0.500. The van der Waals surface area contributed by atoms with Crippen LogP contribution in [0.1, 0.15) is 46.5 Å². The van der Waals surface area contributed by atoms with Gasteiger partial charge in [0, 0.05) is 27.9 Å². The molecule has 25 heavy (non-hydrogen) atoms. The van der Waals surface area contributed by atoms with Crippen molar-refractivity contribution in [3.63, 3.8) is 0 Å². The molecule has 7 heteroatoms. The van der Waals surface area contributed by atoms with Crippen molar-refractivity contribution in [2.45, 2.75) is 57.3 Å². The third-order valence-corrected chi connectivity index (χ3v) is 5.66. The van der Waals surface area contributed by atoms with E-state index in [0.717, 1.165) is 34.3 Å². The van der Waals surface area contributed by atoms with Crippen molar-refractivity contribution in [3.8, 4) is 17.1 Å². The molecule has 0 unspecified atom stereocenters. The normalized spacial score (nSPS) is 18.6. The standard InChI is InChI=1S/C18H23BrN4OS/c1-4-6-7-10-25-17-20-16-15(22-23-17)13-11-12(19)8-9-14(13)21-18(3,5-2)24-16/h8-9,11,21H,4-7,10H2,1-3H3/t18-/m1/s1. The molecule has 0 fully saturated rings. The van der Waals surface area contributed by atoms with E-state index < -0.39 is 5.72 Å². The summed E-state index contributed by atoms with van der Waals surface area (Å²) in [6.07, 6.45) is 4.39. The van der Waals surface area contributed by atoms with Gasteiger partial charge in [-0.2, -0.15) is 4.98 Å². The van der Waals surface area contributed by atoms with Crippen LogP contribution in [0.5, 0.6) is 5.88 Å². The summed E-state index contributed by atoms with van der Waals surface area (Å²) in [6, 6.07) is 6.06. The number of hydrogen-bond acceptors (Lipinski definition) is 6. The second kappa shape index (κ2) is 7.91. The number of hydrogen-bond donors (Lipinski definition) is 1. The van der Waals surface area contributed by atoms with Crippen LogP contribution in [0.25, 0.3) is 11.3 Å². The van der Waals surface area contributed by atoms with Gasteiger partial charge in [-0.05, 0) is 31.5 Å². The van der Waals surface area contributed by atoms with Crippen LogP contribution < -0.4 is 10.1 Å². The van der Waals surface area contributed by atoms with Gasteiger partial charge in [0.05, 0.1) is 0 Å². The summed E-state index contributed by atoms with van der Waals surface area (Å²) in [7, 11) is 0. The predicted molar refractivity (Wildman–Crippen MR) is 106 cm³/mol. The number of rotatable bonds is 6. The number of ether oxygens (including phenoxy) is 1. The smallest absolute Gasteiger partial charge is 0.247 e. The van der Waals surface area contributed by atoms with Gasteiger partial charge < -0.3 is 10.1 Å². The minimum atomic E-state index is -0.534. The molecule has 0 saturated carbocycles. The highest BCUT2D eigenvalue weighted by molar-refractivity contribution is 9.10. The second-order valence-corrected chi connectivity index (χ2v) is 8.28. The fourth-order valence-corrected chi connectivity index (χ4v) is 3.76. The number of nitrogens with zero attached hydrogens (tertiary/aromatic N) is 3. The summed E-state index contributed by atoms with van der Waals surface area (Å²) in [4.78, 5) is 4.65. The largest absolute Gasteiger partial charge is 0.450 e. The van der Waals surface area contributed by atoms with Crippen molar-refractivity contribution in [1.82, 2.24) is 15.2 Å². The molecular formula is C18H23BrN4OS. The van der Waals surface area contributed by atoms with Gasteiger partial charge in [-0.3, -0.25) is 0 Å². The first-order chi connectivity index (χ1) is 12.0. The van der Waals surface area contributed by atoms with E-state index in [0.29, 0.717) is 16.7 Å². The maximum absolute atomic E-state index is 6.23. The SMILES string of the molecule is CCCCCSc1nnc2c(n1)O[C@](C)(CC)Nc1ccc(Br)cc1-2. The van der Waals surface area contributed by atoms with Crippen LogP contribution in [0.4, 0.5) is 5.69 Å². The third-order valence-electron chi connectivity index (χ3n) is 4.25. The maximum atomic E-state index is 6.23. The topological polar surface area (TPSA) is 59.9 Å². The molecule has 1 aliphatic heterocycles. The van der Waals surface area contributed by atoms with Crippen molar-refractivity contribution in [3.05, 3.63) is 22.7 Å². The molecule has 0 saturated heterocycles. The Labute approximate surface area is 161 Å². The van der Waals surface area contributed by atoms with E-state index in [-0.39, 0.29) is 0 Å². The van der Waals surface area contributed by atoms with Gasteiger partial charge >= 0.3 is 0 Å². The number of aromatic nitrogens is 3. The summed E-state index contributed by atoms with van der Waals surface area (Å²) in [6.45, 7) is 6.32. The van der Waals surface area contributed by atoms with Gasteiger partial charge in [-0.25, -0.2) is 0 Å². The Balaban J connectivity index is 1.97. The van der Waals surface area contributed by atoms with Crippen LogP contribution in [0, 0.1) is 0 Å². The Morgan fingerprint density at radius 2 is 2.08 bits per heavy atom. The van der Waals surface area contributed by atoms with E-state index in [1.54, 1.807) is 11.8 Å². The minimum Gasteiger partial charge on any atom is -0.450 e. The van der Waals surface area contributed by atoms with E-state index in [1.165, 1.54) is 12.8 Å². The molecule has 2 heterocycles. The fourth-order valence-electron chi connectivity index (χ4n) is 2.62. The van der Waals surface area contributed by atoms with Crippen molar-refractivity contribution in [2.75, 3.05) is 11.1 Å². The number of benzene rings is 1. The number of thioether (sulfide) groups is 1. The number of fused-ring (bicyclic) bond motifs is 3. The van der Waals surface area contributed by atoms with Crippen molar-refractivity contribution < 1.29 is 4.74 Å². The van der Waals surface area contributed by atoms with Crippen LogP contribution in [-0.4, -0.2) is 26.7 Å². The van der Waals surface area contributed by atoms with Gasteiger partial charge in [-0.15, -0.1) is 10.2 Å². The number of unbranched alkanes of at least 4 members (excludes halogenated alkanes) is 2. The first-order valence-electron chi connectivity index (χ1n) is 8.69. The van der Waals surface area contributed by atoms with Crippen LogP contribution in [0.3, 0.4) is 0 Å². The Morgan fingerprint density at radius 3 is 2.84 bits per heavy atom. The lowest BCUT2D eigenvalue weighted by molar-refractivity contribution is 0.109. The average Bonchev–Trinajstić information content (AvgIpc) is 2.72. The predicted octanol–water partition coefficient (Wildman–Crippen LogP) is 5.51. The lowest BCUT2D eigenvalue weighted by atomic mass is 10.1. The highest BCUT2D eigenvalue weighted by Crippen LogP contribution is 2.40. The van der Waals surface area contributed by atoms with Crippen LogP contribution in [0.2, 0.25) is 0 Å². The zero-order valence-corrected chi connectivity index (χ0v) is 17.2. The van der Waals surface area contributed by atoms with Gasteiger partial charge in [-0.1, -0.05) is 54.4 Å². The lowest BCUT2D eigenvalue weighted by Gasteiger charge is -2.29. The molecule has 0 spiro atoms. The molecule has 1 aliphatic rings. The third kappa shape index (κ3) is 4.26. The van der Waals surface area contributed by atoms with Gasteiger partial charge in [0.15, 0.2) is 11.4 Å². The minimum absolute atomic E-state index is 0.534. The van der Waals surface area contributed by atoms with Gasteiger partial charge in [0.25, 0.3) is 0 Å². The quantitative estimate of drug-likeness (QED) is 0.488. The molecule has 0 radical (unpaired) electrons. The number of halogens is 1. The summed E-state index contributed by atoms with van der Waals surface area (Å²) >= 11 is 5.17. The molecule has 0 bridgehead atoms. The van der Waals surface area contributed by atoms with Crippen LogP contribution in [-0.2, 0) is 0 Å². The highest BCUT2D eigenvalue weighted by Gasteiger charge is 2.32. The molecule has 134 valence electrons. The summed E-state index contributed by atoms with van der Waals surface area (Å²) in [5.74, 6) is 1.54. The lowest BCUT2D eigenvalue weighted by Crippen LogP contribution is -2.40. The van der Waals surface area contributed by atoms with Gasteiger partial charge in [0.2, 0.25) is 11.0 Å². The molecule has 0 amide bonds. The molecule has 1 N–H and O–H groups in total. The number of nitrogens with one attached hydrogen (secondary N) is 1. The number of anilines is 1. The highest BCUT2D eigenvalue weighted by atomic mass is 79.9. The van der Waals surface area contributed by atoms with Crippen molar-refractivity contribution in [2.24, 2.45) is 0 Å². The van der Waals surface area contributed by atoms with Crippen molar-refractivity contribution in [1.29, 1.82) is 0 Å². The van der Waals surface area contributed by atoms with Gasteiger partial charge in [0.1, 0.15) is 0 Å². The molecule has 3 rings (SSSR count). The summed E-state index contributed by atoms with van der Waals surface area (Å²) < 4.78 is 7.22. The molecule has 5 nitrogen and oxygen atoms in total. The van der Waals surface area contributed by atoms with E-state index in [2.05, 4.69) is 50.3 Å². The Hall–Kier alpha value is -1.34. The Morgan fingerprint density at radius 1 is 1.24 bits per heavy atom. The first-order valence-corrected chi connectivity index (χ1v) is 10.5. The summed E-state index contributed by atoms with van der Waals surface area (Å²) in [5.41, 5.74) is 2.07. The molecule has 1 aromatic heterocycles. The maximum Gasteiger partial charge on any atom is 0.247 e. The molecular weight excluding hydrogens is 400 g/mol. The first kappa shape index (κ1) is 18.5. The zero-order valence-electron chi connectivity index (χ0n) is 14.8. The Kier molecular flexibility index (Phi) is 5.84. The second-order valence-electron chi connectivity index (χ2n) is 6.31. The van der Waals surface area contributed by atoms with E-state index in [9.17, 15) is 0 Å². The summed E-state index contributed by atoms with van der Waals surface area (Å²) in [5, 5.41) is 12.9. The molecule has 0 aliphatic carbocycles. The average molecular weight is 423 g/mol. The molecule has 1 aromatic carbocycles. The van der Waals surface area contributed by atoms with Crippen LogP contribution in [0.15, 0.2) is 27.8 Å². The van der Waals surface area contributed by atoms with E-state index in [4.69, 9.17) is 4.74 Å². The molecule has 1 atom stereocenters.